The molecule has 0 bridgehead atoms. The van der Waals surface area contributed by atoms with E-state index in [1.807, 2.05) is 0 Å². The smallest absolute Gasteiger partial charge is 0.137 e. The second-order valence-corrected chi connectivity index (χ2v) is 4.60. The molecular weight excluding hydrogens is 194 g/mol. The molecule has 4 nitrogen and oxygen atoms in total. The van der Waals surface area contributed by atoms with E-state index in [2.05, 4.69) is 4.90 Å². The Hall–Kier alpha value is -0.450. The lowest BCUT2D eigenvalue weighted by Crippen LogP contribution is -2.37. The van der Waals surface area contributed by atoms with Crippen molar-refractivity contribution in [3.8, 4) is 0 Å². The van der Waals surface area contributed by atoms with Crippen molar-refractivity contribution in [2.24, 2.45) is 5.92 Å². The molecule has 2 rings (SSSR count). The van der Waals surface area contributed by atoms with Crippen LogP contribution in [0.15, 0.2) is 0 Å². The van der Waals surface area contributed by atoms with Crippen LogP contribution in [0, 0.1) is 5.92 Å². The fraction of sp³-hybridized carbons (Fsp3) is 0.909. The van der Waals surface area contributed by atoms with E-state index in [9.17, 15) is 9.90 Å². The average Bonchev–Trinajstić information content (AvgIpc) is 2.60. The molecule has 1 N–H and O–H groups in total. The van der Waals surface area contributed by atoms with E-state index in [0.29, 0.717) is 18.9 Å². The fourth-order valence-corrected chi connectivity index (χ4v) is 2.52. The van der Waals surface area contributed by atoms with Gasteiger partial charge in [-0.15, -0.1) is 0 Å². The Kier molecular flexibility index (Phi) is 3.72. The molecule has 0 aromatic heterocycles. The topological polar surface area (TPSA) is 49.8 Å². The normalized spacial score (nSPS) is 34.5. The van der Waals surface area contributed by atoms with Crippen LogP contribution < -0.4 is 0 Å². The third-order valence-electron chi connectivity index (χ3n) is 3.42. The lowest BCUT2D eigenvalue weighted by Gasteiger charge is -2.28. The van der Waals surface area contributed by atoms with Crippen LogP contribution in [0.4, 0.5) is 0 Å². The number of hydrogen-bond acceptors (Lipinski definition) is 4. The first-order valence-electron chi connectivity index (χ1n) is 5.74. The molecule has 2 aliphatic rings. The van der Waals surface area contributed by atoms with Crippen LogP contribution in [-0.2, 0) is 9.53 Å². The van der Waals surface area contributed by atoms with Gasteiger partial charge in [-0.3, -0.25) is 4.90 Å². The number of ether oxygens (including phenoxy) is 1. The predicted octanol–water partition coefficient (Wildman–Crippen LogP) is 0.0471. The molecule has 0 saturated carbocycles. The summed E-state index contributed by atoms with van der Waals surface area (Å²) in [5.41, 5.74) is 0. The van der Waals surface area contributed by atoms with Gasteiger partial charge in [0, 0.05) is 26.3 Å². The number of carbonyl (C=O) groups is 1. The Morgan fingerprint density at radius 1 is 1.40 bits per heavy atom. The highest BCUT2D eigenvalue weighted by atomic mass is 16.5. The minimum Gasteiger partial charge on any atom is -0.392 e. The molecule has 0 amide bonds. The van der Waals surface area contributed by atoms with Crippen molar-refractivity contribution >= 4 is 6.29 Å². The van der Waals surface area contributed by atoms with Crippen LogP contribution in [0.2, 0.25) is 0 Å². The van der Waals surface area contributed by atoms with Crippen LogP contribution >= 0.6 is 0 Å². The van der Waals surface area contributed by atoms with Crippen LogP contribution in [-0.4, -0.2) is 54.7 Å². The Morgan fingerprint density at radius 3 is 2.80 bits per heavy atom. The van der Waals surface area contributed by atoms with Crippen molar-refractivity contribution in [3.63, 3.8) is 0 Å². The molecule has 0 radical (unpaired) electrons. The number of likely N-dealkylation sites (tertiary alicyclic amines) is 1. The first-order valence-corrected chi connectivity index (χ1v) is 5.74. The van der Waals surface area contributed by atoms with Crippen LogP contribution in [0.25, 0.3) is 0 Å². The SMILES string of the molecule is O=CC1CC(O)CN1CC1CCOCC1. The Labute approximate surface area is 90.2 Å². The number of aliphatic hydroxyl groups is 1. The first kappa shape index (κ1) is 11.0. The van der Waals surface area contributed by atoms with Gasteiger partial charge in [0.1, 0.15) is 6.29 Å². The Morgan fingerprint density at radius 2 is 2.13 bits per heavy atom. The molecule has 2 aliphatic heterocycles. The molecule has 2 atom stereocenters. The number of aliphatic hydroxyl groups excluding tert-OH is 1. The molecule has 2 fully saturated rings. The summed E-state index contributed by atoms with van der Waals surface area (Å²) in [6.45, 7) is 3.27. The van der Waals surface area contributed by atoms with Gasteiger partial charge in [0.15, 0.2) is 0 Å². The van der Waals surface area contributed by atoms with E-state index >= 15 is 0 Å². The van der Waals surface area contributed by atoms with Crippen molar-refractivity contribution in [1.82, 2.24) is 4.90 Å². The van der Waals surface area contributed by atoms with Crippen molar-refractivity contribution in [3.05, 3.63) is 0 Å². The summed E-state index contributed by atoms with van der Waals surface area (Å²) < 4.78 is 5.30. The summed E-state index contributed by atoms with van der Waals surface area (Å²) >= 11 is 0. The van der Waals surface area contributed by atoms with E-state index in [0.717, 1.165) is 38.9 Å². The highest BCUT2D eigenvalue weighted by Gasteiger charge is 2.32. The van der Waals surface area contributed by atoms with E-state index < -0.39 is 0 Å². The molecular formula is C11H19NO3. The number of carbonyl (C=O) groups excluding carboxylic acids is 1. The highest BCUT2D eigenvalue weighted by molar-refractivity contribution is 5.58. The Bertz CT molecular complexity index is 216. The summed E-state index contributed by atoms with van der Waals surface area (Å²) in [6, 6.07) is -0.0668. The van der Waals surface area contributed by atoms with E-state index in [1.54, 1.807) is 0 Å². The molecule has 15 heavy (non-hydrogen) atoms. The molecule has 2 saturated heterocycles. The summed E-state index contributed by atoms with van der Waals surface area (Å²) in [5, 5.41) is 9.51. The van der Waals surface area contributed by atoms with Crippen molar-refractivity contribution in [2.75, 3.05) is 26.3 Å². The van der Waals surface area contributed by atoms with Gasteiger partial charge in [0.2, 0.25) is 0 Å². The molecule has 0 aromatic carbocycles. The lowest BCUT2D eigenvalue weighted by atomic mass is 9.99. The molecule has 0 aromatic rings. The van der Waals surface area contributed by atoms with Crippen molar-refractivity contribution in [1.29, 1.82) is 0 Å². The van der Waals surface area contributed by atoms with Gasteiger partial charge in [0.05, 0.1) is 12.1 Å². The third kappa shape index (κ3) is 2.77. The van der Waals surface area contributed by atoms with E-state index in [1.165, 1.54) is 0 Å². The minimum absolute atomic E-state index is 0.0668. The maximum atomic E-state index is 10.8. The van der Waals surface area contributed by atoms with Gasteiger partial charge >= 0.3 is 0 Å². The number of β-amino-alcohol motifs (C(OH)–C–C–N with tert-alkyl or cyclic N) is 1. The average molecular weight is 213 g/mol. The molecule has 0 aliphatic carbocycles. The van der Waals surface area contributed by atoms with E-state index in [-0.39, 0.29) is 12.1 Å². The summed E-state index contributed by atoms with van der Waals surface area (Å²) in [4.78, 5) is 12.9. The predicted molar refractivity (Wildman–Crippen MR) is 55.6 cm³/mol. The second-order valence-electron chi connectivity index (χ2n) is 4.60. The van der Waals surface area contributed by atoms with Gasteiger partial charge < -0.3 is 14.6 Å². The summed E-state index contributed by atoms with van der Waals surface area (Å²) in [5.74, 6) is 0.631. The second kappa shape index (κ2) is 5.05. The number of nitrogens with zero attached hydrogens (tertiary/aromatic N) is 1. The minimum atomic E-state index is -0.319. The zero-order valence-electron chi connectivity index (χ0n) is 8.97. The van der Waals surface area contributed by atoms with Crippen LogP contribution in [0.1, 0.15) is 19.3 Å². The first-order chi connectivity index (χ1) is 7.29. The maximum Gasteiger partial charge on any atom is 0.137 e. The molecule has 0 spiro atoms. The standard InChI is InChI=1S/C11H19NO3/c13-8-10-5-11(14)7-12(10)6-9-1-3-15-4-2-9/h8-11,14H,1-7H2. The number of rotatable bonds is 3. The van der Waals surface area contributed by atoms with Crippen LogP contribution in [0.3, 0.4) is 0 Å². The highest BCUT2D eigenvalue weighted by Crippen LogP contribution is 2.22. The fourth-order valence-electron chi connectivity index (χ4n) is 2.52. The lowest BCUT2D eigenvalue weighted by molar-refractivity contribution is -0.111. The van der Waals surface area contributed by atoms with Crippen LogP contribution in [0.5, 0.6) is 0 Å². The van der Waals surface area contributed by atoms with E-state index in [4.69, 9.17) is 4.74 Å². The van der Waals surface area contributed by atoms with Gasteiger partial charge in [-0.2, -0.15) is 0 Å². The quantitative estimate of drug-likeness (QED) is 0.673. The van der Waals surface area contributed by atoms with Gasteiger partial charge in [-0.1, -0.05) is 0 Å². The number of hydrogen-bond donors (Lipinski definition) is 1. The van der Waals surface area contributed by atoms with Crippen molar-refractivity contribution < 1.29 is 14.6 Å². The largest absolute Gasteiger partial charge is 0.392 e. The van der Waals surface area contributed by atoms with Gasteiger partial charge in [0.25, 0.3) is 0 Å². The summed E-state index contributed by atoms with van der Waals surface area (Å²) in [6.07, 6.45) is 3.42. The number of aldehydes is 1. The van der Waals surface area contributed by atoms with Gasteiger partial charge in [-0.25, -0.2) is 0 Å². The van der Waals surface area contributed by atoms with Gasteiger partial charge in [-0.05, 0) is 25.2 Å². The monoisotopic (exact) mass is 213 g/mol. The third-order valence-corrected chi connectivity index (χ3v) is 3.42. The van der Waals surface area contributed by atoms with Crippen molar-refractivity contribution in [2.45, 2.75) is 31.4 Å². The zero-order valence-corrected chi connectivity index (χ0v) is 8.97. The summed E-state index contributed by atoms with van der Waals surface area (Å²) in [7, 11) is 0. The molecule has 4 heteroatoms. The Balaban J connectivity index is 1.84. The maximum absolute atomic E-state index is 10.8. The molecule has 2 unspecified atom stereocenters. The molecule has 2 heterocycles. The zero-order chi connectivity index (χ0) is 10.7. The molecule has 86 valence electrons.